The number of hydrogen-bond donors (Lipinski definition) is 1. The highest BCUT2D eigenvalue weighted by molar-refractivity contribution is 7.80. The smallest absolute Gasteiger partial charge is 0.274 e. The van der Waals surface area contributed by atoms with Crippen LogP contribution in [0.2, 0.25) is 10.0 Å². The molecule has 4 aromatic carbocycles. The molecule has 0 aliphatic carbocycles. The summed E-state index contributed by atoms with van der Waals surface area (Å²) in [5.41, 5.74) is 8.50. The molecule has 0 saturated heterocycles. The first kappa shape index (κ1) is 35.7. The number of benzene rings is 4. The lowest BCUT2D eigenvalue weighted by molar-refractivity contribution is -0.120. The van der Waals surface area contributed by atoms with Crippen LogP contribution in [0.5, 0.6) is 0 Å². The predicted octanol–water partition coefficient (Wildman–Crippen LogP) is 7.62. The molecule has 0 fully saturated rings. The molecule has 8 nitrogen and oxygen atoms in total. The molecular weight excluding hydrogens is 695 g/mol. The van der Waals surface area contributed by atoms with Crippen LogP contribution in [0.1, 0.15) is 40.3 Å². The molecule has 0 saturated carbocycles. The van der Waals surface area contributed by atoms with Crippen LogP contribution in [0, 0.1) is 13.8 Å². The Labute approximate surface area is 306 Å². The van der Waals surface area contributed by atoms with Crippen molar-refractivity contribution in [1.82, 2.24) is 5.32 Å². The lowest BCUT2D eigenvalue weighted by Crippen LogP contribution is -2.44. The SMILES string of the molecule is CC(=S)NC1N=C(c2ccccc2C)c2cc(Cl)ccc2N(C)C1=O.Cc1ccccc1C1=NC(N=C=S)C(=O)N(C)c2ccc(Cl)cc21. The number of fused-ring (bicyclic) bond motifs is 2. The quantitative estimate of drug-likeness (QED) is 0.173. The monoisotopic (exact) mass is 726 g/mol. The van der Waals surface area contributed by atoms with Gasteiger partial charge in [0.25, 0.3) is 11.8 Å². The number of nitrogens with one attached hydrogen (secondary N) is 1. The number of likely N-dealkylation sites (N-methyl/N-ethyl adjacent to an activating group) is 2. The molecule has 0 aromatic heterocycles. The van der Waals surface area contributed by atoms with Gasteiger partial charge in [-0.15, -0.1) is 0 Å². The van der Waals surface area contributed by atoms with Gasteiger partial charge in [0.1, 0.15) is 0 Å². The summed E-state index contributed by atoms with van der Waals surface area (Å²) in [5, 5.41) is 6.43. The first-order chi connectivity index (χ1) is 23.4. The van der Waals surface area contributed by atoms with Gasteiger partial charge in [0.05, 0.1) is 32.9 Å². The summed E-state index contributed by atoms with van der Waals surface area (Å²) in [6.45, 7) is 5.75. The number of nitrogens with zero attached hydrogens (tertiary/aromatic N) is 5. The van der Waals surface area contributed by atoms with E-state index >= 15 is 0 Å². The second-order valence-corrected chi connectivity index (χ2v) is 13.1. The average Bonchev–Trinajstić information content (AvgIpc) is 3.23. The van der Waals surface area contributed by atoms with Crippen LogP contribution in [0.4, 0.5) is 11.4 Å². The Kier molecular flexibility index (Phi) is 11.2. The molecule has 0 bridgehead atoms. The molecule has 49 heavy (non-hydrogen) atoms. The Balaban J connectivity index is 0.000000191. The largest absolute Gasteiger partial charge is 0.351 e. The van der Waals surface area contributed by atoms with Gasteiger partial charge in [-0.3, -0.25) is 9.59 Å². The summed E-state index contributed by atoms with van der Waals surface area (Å²) in [7, 11) is 3.43. The maximum atomic E-state index is 12.9. The van der Waals surface area contributed by atoms with E-state index in [1.54, 1.807) is 38.1 Å². The Morgan fingerprint density at radius 2 is 1.22 bits per heavy atom. The van der Waals surface area contributed by atoms with Crippen LogP contribution in [0.15, 0.2) is 99.9 Å². The van der Waals surface area contributed by atoms with Gasteiger partial charge in [-0.25, -0.2) is 9.98 Å². The number of aryl methyl sites for hydroxylation is 2. The molecule has 0 radical (unpaired) electrons. The lowest BCUT2D eigenvalue weighted by Gasteiger charge is -2.21. The molecule has 2 aliphatic heterocycles. The Morgan fingerprint density at radius 3 is 1.69 bits per heavy atom. The van der Waals surface area contributed by atoms with Gasteiger partial charge >= 0.3 is 0 Å². The number of aliphatic imine (C=N–C) groups is 3. The van der Waals surface area contributed by atoms with Gasteiger partial charge in [-0.2, -0.15) is 4.99 Å². The summed E-state index contributed by atoms with van der Waals surface area (Å²) in [4.78, 5) is 42.4. The molecule has 6 rings (SSSR count). The second-order valence-electron chi connectivity index (χ2n) is 11.4. The maximum Gasteiger partial charge on any atom is 0.274 e. The van der Waals surface area contributed by atoms with E-state index in [1.807, 2.05) is 86.6 Å². The number of amides is 2. The Morgan fingerprint density at radius 1 is 0.755 bits per heavy atom. The van der Waals surface area contributed by atoms with Gasteiger partial charge in [0.15, 0.2) is 6.17 Å². The number of benzodiazepines with no additional fused rings is 2. The minimum atomic E-state index is -0.951. The summed E-state index contributed by atoms with van der Waals surface area (Å²) in [5.74, 6) is -0.434. The minimum absolute atomic E-state index is 0.170. The van der Waals surface area contributed by atoms with Gasteiger partial charge in [0, 0.05) is 46.4 Å². The average molecular weight is 728 g/mol. The second kappa shape index (κ2) is 15.3. The minimum Gasteiger partial charge on any atom is -0.351 e. The first-order valence-corrected chi connectivity index (χ1v) is 16.7. The summed E-state index contributed by atoms with van der Waals surface area (Å²) >= 11 is 22.2. The Bertz CT molecular complexity index is 2090. The van der Waals surface area contributed by atoms with Gasteiger partial charge in [0.2, 0.25) is 6.17 Å². The number of hydrogen-bond acceptors (Lipinski definition) is 7. The van der Waals surface area contributed by atoms with Crippen molar-refractivity contribution in [2.24, 2.45) is 15.0 Å². The highest BCUT2D eigenvalue weighted by Crippen LogP contribution is 2.32. The van der Waals surface area contributed by atoms with Crippen molar-refractivity contribution in [2.75, 3.05) is 23.9 Å². The van der Waals surface area contributed by atoms with Crippen molar-refractivity contribution >= 4 is 92.4 Å². The van der Waals surface area contributed by atoms with E-state index in [0.717, 1.165) is 50.5 Å². The van der Waals surface area contributed by atoms with Gasteiger partial charge in [-0.1, -0.05) is 84.0 Å². The molecule has 0 spiro atoms. The van der Waals surface area contributed by atoms with Crippen molar-refractivity contribution in [2.45, 2.75) is 33.1 Å². The van der Waals surface area contributed by atoms with E-state index in [-0.39, 0.29) is 11.8 Å². The van der Waals surface area contributed by atoms with E-state index in [1.165, 1.54) is 4.90 Å². The molecule has 2 aliphatic rings. The number of carbonyl (C=O) groups is 2. The zero-order chi connectivity index (χ0) is 35.4. The molecule has 2 unspecified atom stereocenters. The number of isothiocyanates is 1. The van der Waals surface area contributed by atoms with Gasteiger partial charge in [-0.05, 0) is 80.5 Å². The van der Waals surface area contributed by atoms with E-state index in [0.29, 0.717) is 20.7 Å². The van der Waals surface area contributed by atoms with E-state index in [4.69, 9.17) is 40.4 Å². The highest BCUT2D eigenvalue weighted by Gasteiger charge is 2.32. The summed E-state index contributed by atoms with van der Waals surface area (Å²) < 4.78 is 0. The fourth-order valence-corrected chi connectivity index (χ4v) is 6.16. The van der Waals surface area contributed by atoms with Crippen molar-refractivity contribution in [1.29, 1.82) is 0 Å². The fourth-order valence-electron chi connectivity index (χ4n) is 5.60. The molecule has 248 valence electrons. The fraction of sp³-hybridized carbons (Fsp3) is 0.189. The summed E-state index contributed by atoms with van der Waals surface area (Å²) in [6.07, 6.45) is -1.73. The van der Waals surface area contributed by atoms with E-state index in [2.05, 4.69) is 32.7 Å². The molecule has 4 aromatic rings. The van der Waals surface area contributed by atoms with Crippen LogP contribution in [0.25, 0.3) is 0 Å². The number of rotatable bonds is 4. The maximum absolute atomic E-state index is 12.9. The normalized spacial score (nSPS) is 16.8. The molecule has 12 heteroatoms. The molecule has 2 heterocycles. The Hall–Kier alpha value is -4.57. The first-order valence-electron chi connectivity index (χ1n) is 15.2. The number of thiocarbonyl (C=S) groups is 2. The zero-order valence-electron chi connectivity index (χ0n) is 27.4. The third-order valence-electron chi connectivity index (χ3n) is 8.09. The molecule has 1 N–H and O–H groups in total. The standard InChI is InChI=1S/C19H18ClN3OS.C18H14ClN3OS/c1-11-6-4-5-7-14(11)17-15-10-13(20)8-9-16(15)23(3)19(24)18(22-17)21-12(2)25;1-11-5-3-4-6-13(11)16-14-9-12(19)7-8-15(14)22(2)18(23)17(21-16)20-10-24/h4-10,18H,1-3H3,(H,21,25);3-9,17H,1-2H3. The van der Waals surface area contributed by atoms with Crippen molar-refractivity contribution in [3.8, 4) is 0 Å². The zero-order valence-corrected chi connectivity index (χ0v) is 30.5. The van der Waals surface area contributed by atoms with Crippen LogP contribution in [-0.2, 0) is 9.59 Å². The predicted molar refractivity (Wildman–Crippen MR) is 207 cm³/mol. The van der Waals surface area contributed by atoms with Crippen LogP contribution < -0.4 is 15.1 Å². The van der Waals surface area contributed by atoms with Crippen LogP contribution >= 0.6 is 47.6 Å². The lowest BCUT2D eigenvalue weighted by atomic mass is 9.97. The molecular formula is C37H32Cl2N6O2S2. The van der Waals surface area contributed by atoms with Crippen molar-refractivity contribution < 1.29 is 9.59 Å². The molecule has 2 amide bonds. The van der Waals surface area contributed by atoms with Gasteiger partial charge < -0.3 is 15.1 Å². The number of carbonyl (C=O) groups excluding carboxylic acids is 2. The summed E-state index contributed by atoms with van der Waals surface area (Å²) in [6, 6.07) is 26.6. The van der Waals surface area contributed by atoms with Crippen LogP contribution in [0.3, 0.4) is 0 Å². The van der Waals surface area contributed by atoms with Crippen molar-refractivity contribution in [3.05, 3.63) is 128 Å². The third-order valence-corrected chi connectivity index (χ3v) is 8.78. The number of anilines is 2. The third kappa shape index (κ3) is 7.69. The molecule has 2 atom stereocenters. The van der Waals surface area contributed by atoms with Crippen LogP contribution in [-0.4, -0.2) is 59.8 Å². The van der Waals surface area contributed by atoms with E-state index in [9.17, 15) is 9.59 Å². The topological polar surface area (TPSA) is 89.7 Å². The van der Waals surface area contributed by atoms with Crippen molar-refractivity contribution in [3.63, 3.8) is 0 Å². The van der Waals surface area contributed by atoms with E-state index < -0.39 is 12.3 Å². The highest BCUT2D eigenvalue weighted by atomic mass is 35.5. The number of halogens is 2.